The van der Waals surface area contributed by atoms with Crippen molar-refractivity contribution in [3.8, 4) is 44.5 Å². The van der Waals surface area contributed by atoms with Crippen molar-refractivity contribution >= 4 is 5.69 Å². The van der Waals surface area contributed by atoms with E-state index in [1.165, 1.54) is 38.9 Å². The van der Waals surface area contributed by atoms with Gasteiger partial charge in [-0.1, -0.05) is 115 Å². The van der Waals surface area contributed by atoms with Crippen LogP contribution in [0.1, 0.15) is 0 Å². The van der Waals surface area contributed by atoms with Crippen LogP contribution in [-0.2, 0) is 0 Å². The third kappa shape index (κ3) is 4.12. The zero-order valence-corrected chi connectivity index (χ0v) is 17.2. The van der Waals surface area contributed by atoms with Crippen LogP contribution in [0.2, 0.25) is 0 Å². The third-order valence-electron chi connectivity index (χ3n) is 5.65. The third-order valence-corrected chi connectivity index (χ3v) is 5.65. The van der Waals surface area contributed by atoms with Crippen LogP contribution < -0.4 is 5.73 Å². The SMILES string of the molecule is Nc1cccc(-c2ccc(-c3ccc(-c4ccc(-c5ccccc5)cc4)cc3)cc2)c1. The predicted molar refractivity (Wildman–Crippen MR) is 133 cm³/mol. The van der Waals surface area contributed by atoms with Gasteiger partial charge in [-0.25, -0.2) is 0 Å². The Balaban J connectivity index is 1.35. The summed E-state index contributed by atoms with van der Waals surface area (Å²) in [6.07, 6.45) is 0. The second-order valence-corrected chi connectivity index (χ2v) is 7.72. The van der Waals surface area contributed by atoms with E-state index in [1.54, 1.807) is 0 Å². The summed E-state index contributed by atoms with van der Waals surface area (Å²) < 4.78 is 0. The van der Waals surface area contributed by atoms with Gasteiger partial charge in [0.05, 0.1) is 0 Å². The molecule has 0 aliphatic rings. The van der Waals surface area contributed by atoms with Gasteiger partial charge in [0.15, 0.2) is 0 Å². The monoisotopic (exact) mass is 397 g/mol. The molecule has 0 bridgehead atoms. The molecule has 0 fully saturated rings. The lowest BCUT2D eigenvalue weighted by atomic mass is 9.97. The van der Waals surface area contributed by atoms with Gasteiger partial charge >= 0.3 is 0 Å². The average Bonchev–Trinajstić information content (AvgIpc) is 2.85. The summed E-state index contributed by atoms with van der Waals surface area (Å²) in [4.78, 5) is 0. The van der Waals surface area contributed by atoms with E-state index in [4.69, 9.17) is 5.73 Å². The van der Waals surface area contributed by atoms with Crippen LogP contribution >= 0.6 is 0 Å². The second-order valence-electron chi connectivity index (χ2n) is 7.72. The van der Waals surface area contributed by atoms with Crippen LogP contribution in [0.25, 0.3) is 44.5 Å². The first-order chi connectivity index (χ1) is 15.3. The van der Waals surface area contributed by atoms with Gasteiger partial charge in [0, 0.05) is 5.69 Å². The fourth-order valence-corrected chi connectivity index (χ4v) is 3.91. The van der Waals surface area contributed by atoms with Gasteiger partial charge in [-0.2, -0.15) is 0 Å². The van der Waals surface area contributed by atoms with E-state index in [0.717, 1.165) is 11.3 Å². The molecule has 0 aliphatic heterocycles. The molecule has 1 nitrogen and oxygen atoms in total. The number of nitrogens with two attached hydrogens (primary N) is 1. The highest BCUT2D eigenvalue weighted by molar-refractivity contribution is 5.75. The minimum absolute atomic E-state index is 0.786. The highest BCUT2D eigenvalue weighted by Gasteiger charge is 2.03. The van der Waals surface area contributed by atoms with Gasteiger partial charge in [0.25, 0.3) is 0 Å². The number of rotatable bonds is 4. The second kappa shape index (κ2) is 8.33. The molecule has 0 amide bonds. The number of hydrogen-bond donors (Lipinski definition) is 1. The van der Waals surface area contributed by atoms with Crippen LogP contribution in [0, 0.1) is 0 Å². The van der Waals surface area contributed by atoms with Gasteiger partial charge in [-0.05, 0) is 56.6 Å². The van der Waals surface area contributed by atoms with Crippen LogP contribution in [0.5, 0.6) is 0 Å². The van der Waals surface area contributed by atoms with Crippen molar-refractivity contribution in [2.45, 2.75) is 0 Å². The van der Waals surface area contributed by atoms with E-state index >= 15 is 0 Å². The molecule has 0 atom stereocenters. The van der Waals surface area contributed by atoms with Crippen molar-refractivity contribution in [2.75, 3.05) is 5.73 Å². The molecule has 5 aromatic rings. The highest BCUT2D eigenvalue weighted by Crippen LogP contribution is 2.29. The predicted octanol–water partition coefficient (Wildman–Crippen LogP) is 7.94. The summed E-state index contributed by atoms with van der Waals surface area (Å²) in [5, 5.41) is 0. The maximum atomic E-state index is 5.92. The summed E-state index contributed by atoms with van der Waals surface area (Å²) >= 11 is 0. The molecule has 1 heteroatoms. The molecule has 0 saturated carbocycles. The van der Waals surface area contributed by atoms with E-state index in [9.17, 15) is 0 Å². The fourth-order valence-electron chi connectivity index (χ4n) is 3.91. The normalized spacial score (nSPS) is 10.7. The van der Waals surface area contributed by atoms with Crippen molar-refractivity contribution in [1.82, 2.24) is 0 Å². The lowest BCUT2D eigenvalue weighted by Gasteiger charge is -2.08. The molecule has 0 spiro atoms. The molecule has 2 N–H and O–H groups in total. The number of anilines is 1. The van der Waals surface area contributed by atoms with E-state index < -0.39 is 0 Å². The van der Waals surface area contributed by atoms with Crippen molar-refractivity contribution in [3.05, 3.63) is 127 Å². The highest BCUT2D eigenvalue weighted by atomic mass is 14.5. The van der Waals surface area contributed by atoms with Crippen molar-refractivity contribution in [2.24, 2.45) is 0 Å². The molecule has 0 unspecified atom stereocenters. The Bertz CT molecular complexity index is 1280. The van der Waals surface area contributed by atoms with Gasteiger partial charge in [0.2, 0.25) is 0 Å². The van der Waals surface area contributed by atoms with Crippen LogP contribution in [0.4, 0.5) is 5.69 Å². The molecule has 5 aromatic carbocycles. The van der Waals surface area contributed by atoms with Gasteiger partial charge in [-0.15, -0.1) is 0 Å². The van der Waals surface area contributed by atoms with E-state index in [2.05, 4.69) is 103 Å². The lowest BCUT2D eigenvalue weighted by Crippen LogP contribution is -1.85. The smallest absolute Gasteiger partial charge is 0.0320 e. The molecule has 0 aliphatic carbocycles. The molecule has 148 valence electrons. The van der Waals surface area contributed by atoms with Gasteiger partial charge in [-0.3, -0.25) is 0 Å². The van der Waals surface area contributed by atoms with Crippen molar-refractivity contribution in [3.63, 3.8) is 0 Å². The Morgan fingerprint density at radius 2 is 0.613 bits per heavy atom. The number of hydrogen-bond acceptors (Lipinski definition) is 1. The van der Waals surface area contributed by atoms with Crippen molar-refractivity contribution in [1.29, 1.82) is 0 Å². The Morgan fingerprint density at radius 3 is 1.00 bits per heavy atom. The van der Waals surface area contributed by atoms with E-state index in [1.807, 2.05) is 24.3 Å². The maximum Gasteiger partial charge on any atom is 0.0320 e. The number of nitrogen functional groups attached to an aromatic ring is 1. The Labute approximate surface area is 183 Å². The largest absolute Gasteiger partial charge is 0.399 e. The molecule has 0 aromatic heterocycles. The lowest BCUT2D eigenvalue weighted by molar-refractivity contribution is 1.57. The minimum Gasteiger partial charge on any atom is -0.399 e. The molecular weight excluding hydrogens is 374 g/mol. The topological polar surface area (TPSA) is 26.0 Å². The first-order valence-corrected chi connectivity index (χ1v) is 10.5. The molecule has 0 saturated heterocycles. The van der Waals surface area contributed by atoms with Crippen LogP contribution in [0.15, 0.2) is 127 Å². The van der Waals surface area contributed by atoms with Crippen LogP contribution in [-0.4, -0.2) is 0 Å². The van der Waals surface area contributed by atoms with E-state index in [-0.39, 0.29) is 0 Å². The first kappa shape index (κ1) is 18.9. The average molecular weight is 398 g/mol. The zero-order chi connectivity index (χ0) is 21.0. The molecule has 31 heavy (non-hydrogen) atoms. The summed E-state index contributed by atoms with van der Waals surface area (Å²) in [6.45, 7) is 0. The zero-order valence-electron chi connectivity index (χ0n) is 17.2. The van der Waals surface area contributed by atoms with Crippen LogP contribution in [0.3, 0.4) is 0 Å². The maximum absolute atomic E-state index is 5.92. The van der Waals surface area contributed by atoms with Gasteiger partial charge < -0.3 is 5.73 Å². The summed E-state index contributed by atoms with van der Waals surface area (Å²) in [7, 11) is 0. The molecular formula is C30H23N. The summed E-state index contributed by atoms with van der Waals surface area (Å²) in [5.41, 5.74) is 16.4. The Kier molecular flexibility index (Phi) is 5.08. The quantitative estimate of drug-likeness (QED) is 0.306. The summed E-state index contributed by atoms with van der Waals surface area (Å²) in [5.74, 6) is 0. The first-order valence-electron chi connectivity index (χ1n) is 10.5. The minimum atomic E-state index is 0.786. The summed E-state index contributed by atoms with van der Waals surface area (Å²) in [6, 6.07) is 44.6. The van der Waals surface area contributed by atoms with Gasteiger partial charge in [0.1, 0.15) is 0 Å². The van der Waals surface area contributed by atoms with Crippen molar-refractivity contribution < 1.29 is 0 Å². The Morgan fingerprint density at radius 1 is 0.290 bits per heavy atom. The number of benzene rings is 5. The van der Waals surface area contributed by atoms with E-state index in [0.29, 0.717) is 0 Å². The molecule has 0 heterocycles. The molecule has 5 rings (SSSR count). The standard InChI is InChI=1S/C30H23N/c31-30-8-4-7-29(21-30)28-19-17-27(18-20-28)26-15-13-25(14-16-26)24-11-9-23(10-12-24)22-5-2-1-3-6-22/h1-21H,31H2. The molecule has 0 radical (unpaired) electrons. The Hall–Kier alpha value is -4.10. The fraction of sp³-hybridized carbons (Fsp3) is 0.